The van der Waals surface area contributed by atoms with Gasteiger partial charge >= 0.3 is 6.09 Å². The number of hydrogen-bond acceptors (Lipinski definition) is 10. The number of rotatable bonds is 16. The second kappa shape index (κ2) is 16.8. The summed E-state index contributed by atoms with van der Waals surface area (Å²) in [4.78, 5) is 15.7. The summed E-state index contributed by atoms with van der Waals surface area (Å²) in [5.41, 5.74) is 8.42. The third kappa shape index (κ3) is 10.1. The van der Waals surface area contributed by atoms with Crippen molar-refractivity contribution in [3.8, 4) is 0 Å². The van der Waals surface area contributed by atoms with Gasteiger partial charge in [0.15, 0.2) is 6.29 Å². The molecule has 1 amide bonds. The van der Waals surface area contributed by atoms with E-state index in [2.05, 4.69) is 29.4 Å². The van der Waals surface area contributed by atoms with Crippen LogP contribution in [0.3, 0.4) is 0 Å². The van der Waals surface area contributed by atoms with Crippen LogP contribution in [0.4, 0.5) is 16.2 Å². The lowest BCUT2D eigenvalue weighted by atomic mass is 10.0. The Labute approximate surface area is 291 Å². The zero-order valence-electron chi connectivity index (χ0n) is 29.3. The maximum absolute atomic E-state index is 14.2. The van der Waals surface area contributed by atoms with Gasteiger partial charge in [0.2, 0.25) is 10.0 Å². The number of nitrogens with two attached hydrogens (primary N) is 1. The number of aryl methyl sites for hydroxylation is 1. The average molecular weight is 702 g/mol. The molecular formula is C36H55N5O7S. The van der Waals surface area contributed by atoms with E-state index in [1.54, 1.807) is 12.1 Å². The van der Waals surface area contributed by atoms with Crippen LogP contribution in [0.25, 0.3) is 0 Å². The standard InChI is InChI=1S/C36H55N5O7S/c1-24(2)19-40-16-14-27(21-40)38-32-18-28(11-12-30(32)37)49(44,45)41(20-25(3)4)22-33(42)31(13-10-26-8-6-5-7-9-26)39-36(43)48-34-23-47-35-29(34)15-17-46-35/h5-9,11-12,18,24-25,27,29,31,33-35,38,42H,10,13-17,19-23,37H2,1-4H3,(H,39,43)/t27-,29-,31-,33+,34-,35+/m0/s1. The minimum Gasteiger partial charge on any atom is -0.443 e. The van der Waals surface area contributed by atoms with Gasteiger partial charge < -0.3 is 40.6 Å². The summed E-state index contributed by atoms with van der Waals surface area (Å²) in [5.74, 6) is 0.510. The van der Waals surface area contributed by atoms with Crippen LogP contribution < -0.4 is 16.4 Å². The highest BCUT2D eigenvalue weighted by molar-refractivity contribution is 7.89. The number of aliphatic hydroxyl groups is 1. The van der Waals surface area contributed by atoms with E-state index >= 15 is 0 Å². The van der Waals surface area contributed by atoms with E-state index in [-0.39, 0.29) is 48.8 Å². The molecule has 2 aromatic rings. The zero-order valence-corrected chi connectivity index (χ0v) is 30.1. The Balaban J connectivity index is 1.30. The van der Waals surface area contributed by atoms with Crippen molar-refractivity contribution in [3.05, 3.63) is 54.1 Å². The van der Waals surface area contributed by atoms with Gasteiger partial charge in [0.25, 0.3) is 0 Å². The van der Waals surface area contributed by atoms with Crippen molar-refractivity contribution in [3.63, 3.8) is 0 Å². The van der Waals surface area contributed by atoms with Crippen molar-refractivity contribution < 1.29 is 32.5 Å². The number of nitrogens with zero attached hydrogens (tertiary/aromatic N) is 2. The number of alkyl carbamates (subject to hydrolysis) is 1. The average Bonchev–Trinajstić information content (AvgIpc) is 3.79. The summed E-state index contributed by atoms with van der Waals surface area (Å²) in [6.07, 6.45) is -0.0948. The van der Waals surface area contributed by atoms with E-state index in [1.165, 1.54) is 10.4 Å². The molecule has 13 heteroatoms. The van der Waals surface area contributed by atoms with E-state index in [0.717, 1.165) is 38.0 Å². The molecule has 0 bridgehead atoms. The minimum absolute atomic E-state index is 0.0246. The van der Waals surface area contributed by atoms with Crippen LogP contribution in [0.1, 0.15) is 52.5 Å². The van der Waals surface area contributed by atoms with Crippen LogP contribution in [0.15, 0.2) is 53.4 Å². The molecule has 12 nitrogen and oxygen atoms in total. The third-order valence-corrected chi connectivity index (χ3v) is 11.3. The number of nitrogens with one attached hydrogen (secondary N) is 2. The molecule has 6 atom stereocenters. The molecule has 3 fully saturated rings. The Morgan fingerprint density at radius 2 is 1.86 bits per heavy atom. The molecule has 5 N–H and O–H groups in total. The smallest absolute Gasteiger partial charge is 0.407 e. The van der Waals surface area contributed by atoms with Gasteiger partial charge in [-0.1, -0.05) is 58.0 Å². The number of fused-ring (bicyclic) bond motifs is 1. The predicted octanol–water partition coefficient (Wildman–Crippen LogP) is 3.91. The van der Waals surface area contributed by atoms with Crippen LogP contribution in [0.5, 0.6) is 0 Å². The topological polar surface area (TPSA) is 156 Å². The van der Waals surface area contributed by atoms with Crippen molar-refractivity contribution in [2.24, 2.45) is 17.8 Å². The van der Waals surface area contributed by atoms with E-state index in [9.17, 15) is 18.3 Å². The van der Waals surface area contributed by atoms with Gasteiger partial charge in [-0.3, -0.25) is 0 Å². The Bertz CT molecular complexity index is 1480. The first-order valence-electron chi connectivity index (χ1n) is 17.7. The maximum Gasteiger partial charge on any atom is 0.407 e. The SMILES string of the molecule is CC(C)CN1CC[C@H](Nc2cc(S(=O)(=O)N(CC(C)C)C[C@@H](O)[C@H](CCc3ccccc3)NC(=O)O[C@H]3CO[C@H]4OCC[C@H]43)ccc2N)C1. The summed E-state index contributed by atoms with van der Waals surface area (Å²) in [6.45, 7) is 11.9. The summed E-state index contributed by atoms with van der Waals surface area (Å²) in [7, 11) is -4.06. The molecule has 2 aromatic carbocycles. The summed E-state index contributed by atoms with van der Waals surface area (Å²) in [5, 5.41) is 18.0. The van der Waals surface area contributed by atoms with Gasteiger partial charge in [0.1, 0.15) is 6.10 Å². The highest BCUT2D eigenvalue weighted by atomic mass is 32.2. The number of nitrogen functional groups attached to an aromatic ring is 1. The van der Waals surface area contributed by atoms with Gasteiger partial charge in [-0.2, -0.15) is 4.31 Å². The van der Waals surface area contributed by atoms with E-state index in [1.807, 2.05) is 44.2 Å². The Hall–Kier alpha value is -2.94. The van der Waals surface area contributed by atoms with Crippen molar-refractivity contribution >= 4 is 27.5 Å². The maximum atomic E-state index is 14.2. The number of hydrogen-bond donors (Lipinski definition) is 4. The van der Waals surface area contributed by atoms with Crippen molar-refractivity contribution in [2.45, 2.75) is 88.9 Å². The normalized spacial score (nSPS) is 24.0. The summed E-state index contributed by atoms with van der Waals surface area (Å²) < 4.78 is 46.7. The second-order valence-corrected chi connectivity index (χ2v) is 16.5. The first-order valence-corrected chi connectivity index (χ1v) is 19.1. The Morgan fingerprint density at radius 3 is 2.59 bits per heavy atom. The zero-order chi connectivity index (χ0) is 35.1. The Kier molecular flexibility index (Phi) is 12.8. The molecule has 0 saturated carbocycles. The minimum atomic E-state index is -4.06. The van der Waals surface area contributed by atoms with Crippen LogP contribution in [-0.4, -0.2) is 105 Å². The van der Waals surface area contributed by atoms with Gasteiger partial charge in [-0.25, -0.2) is 13.2 Å². The fourth-order valence-corrected chi connectivity index (χ4v) is 8.68. The van der Waals surface area contributed by atoms with E-state index in [4.69, 9.17) is 19.9 Å². The van der Waals surface area contributed by atoms with Crippen LogP contribution in [0.2, 0.25) is 0 Å². The van der Waals surface area contributed by atoms with Crippen LogP contribution in [0, 0.1) is 17.8 Å². The van der Waals surface area contributed by atoms with Crippen molar-refractivity contribution in [2.75, 3.05) is 57.0 Å². The first kappa shape index (κ1) is 37.3. The van der Waals surface area contributed by atoms with Gasteiger partial charge in [0.05, 0.1) is 47.5 Å². The molecule has 0 aromatic heterocycles. The van der Waals surface area contributed by atoms with E-state index in [0.29, 0.717) is 36.7 Å². The summed E-state index contributed by atoms with van der Waals surface area (Å²) in [6, 6.07) is 13.9. The third-order valence-electron chi connectivity index (χ3n) is 9.48. The van der Waals surface area contributed by atoms with Crippen LogP contribution >= 0.6 is 0 Å². The second-order valence-electron chi connectivity index (χ2n) is 14.6. The molecule has 0 spiro atoms. The number of anilines is 2. The lowest BCUT2D eigenvalue weighted by Crippen LogP contribution is -2.51. The number of aliphatic hydroxyl groups excluding tert-OH is 1. The number of amides is 1. The fourth-order valence-electron chi connectivity index (χ4n) is 7.03. The molecule has 0 unspecified atom stereocenters. The number of carbonyl (C=O) groups excluding carboxylic acids is 1. The van der Waals surface area contributed by atoms with Crippen LogP contribution in [-0.2, 0) is 30.7 Å². The largest absolute Gasteiger partial charge is 0.443 e. The predicted molar refractivity (Wildman–Crippen MR) is 190 cm³/mol. The molecule has 5 rings (SSSR count). The number of likely N-dealkylation sites (tertiary alicyclic amines) is 1. The first-order chi connectivity index (χ1) is 23.4. The quantitative estimate of drug-likeness (QED) is 0.189. The number of carbonyl (C=O) groups is 1. The number of benzene rings is 2. The lowest BCUT2D eigenvalue weighted by molar-refractivity contribution is -0.0907. The number of ether oxygens (including phenoxy) is 3. The van der Waals surface area contributed by atoms with Gasteiger partial charge in [-0.05, 0) is 61.3 Å². The fraction of sp³-hybridized carbons (Fsp3) is 0.639. The summed E-state index contributed by atoms with van der Waals surface area (Å²) >= 11 is 0. The van der Waals surface area contributed by atoms with Crippen molar-refractivity contribution in [1.29, 1.82) is 0 Å². The molecular weight excluding hydrogens is 646 g/mol. The molecule has 3 aliphatic heterocycles. The molecule has 3 aliphatic rings. The Morgan fingerprint density at radius 1 is 1.08 bits per heavy atom. The lowest BCUT2D eigenvalue weighted by Gasteiger charge is -2.31. The van der Waals surface area contributed by atoms with Gasteiger partial charge in [0, 0.05) is 38.8 Å². The molecule has 0 aliphatic carbocycles. The van der Waals surface area contributed by atoms with E-state index < -0.39 is 34.4 Å². The van der Waals surface area contributed by atoms with Gasteiger partial charge in [-0.15, -0.1) is 0 Å². The molecule has 272 valence electrons. The molecule has 49 heavy (non-hydrogen) atoms. The van der Waals surface area contributed by atoms with Crippen molar-refractivity contribution in [1.82, 2.24) is 14.5 Å². The monoisotopic (exact) mass is 701 g/mol. The highest BCUT2D eigenvalue weighted by Crippen LogP contribution is 2.33. The molecule has 0 radical (unpaired) electrons. The highest BCUT2D eigenvalue weighted by Gasteiger charge is 2.44. The number of sulfonamides is 1. The molecule has 3 heterocycles. The molecule has 3 saturated heterocycles.